The zero-order valence-corrected chi connectivity index (χ0v) is 8.32. The Kier molecular flexibility index (Phi) is 3.29. The molecule has 0 spiro atoms. The number of aryl methyl sites for hydroxylation is 1. The molecule has 1 heterocycles. The fourth-order valence-electron chi connectivity index (χ4n) is 1.07. The molecule has 0 aliphatic rings. The fraction of sp³-hybridized carbons (Fsp3) is 0.400. The van der Waals surface area contributed by atoms with Crippen LogP contribution in [-0.2, 0) is 7.05 Å². The minimum Gasteiger partial charge on any atom is -0.337 e. The third-order valence-electron chi connectivity index (χ3n) is 1.96. The Morgan fingerprint density at radius 3 is 3.00 bits per heavy atom. The quantitative estimate of drug-likeness (QED) is 0.710. The second-order valence-corrected chi connectivity index (χ2v) is 2.99. The number of terminal acetylenes is 1. The SMILES string of the molecule is C#CC(CC)NC(=O)c1cncn1C. The van der Waals surface area contributed by atoms with Gasteiger partial charge in [-0.3, -0.25) is 4.79 Å². The van der Waals surface area contributed by atoms with E-state index < -0.39 is 0 Å². The van der Waals surface area contributed by atoms with Crippen LogP contribution in [0.1, 0.15) is 23.8 Å². The van der Waals surface area contributed by atoms with Crippen molar-refractivity contribution >= 4 is 5.91 Å². The molecule has 0 saturated heterocycles. The molecule has 1 aromatic heterocycles. The van der Waals surface area contributed by atoms with Crippen LogP contribution in [-0.4, -0.2) is 21.5 Å². The molecule has 1 rings (SSSR count). The van der Waals surface area contributed by atoms with E-state index in [4.69, 9.17) is 6.42 Å². The minimum atomic E-state index is -0.211. The van der Waals surface area contributed by atoms with Crippen molar-refractivity contribution in [2.24, 2.45) is 7.05 Å². The summed E-state index contributed by atoms with van der Waals surface area (Å²) in [5.41, 5.74) is 0.513. The Hall–Kier alpha value is -1.76. The molecule has 0 aromatic carbocycles. The summed E-state index contributed by atoms with van der Waals surface area (Å²) in [6, 6.07) is -0.211. The van der Waals surface area contributed by atoms with Crippen molar-refractivity contribution in [3.63, 3.8) is 0 Å². The number of hydrogen-bond acceptors (Lipinski definition) is 2. The van der Waals surface area contributed by atoms with Gasteiger partial charge in [0.2, 0.25) is 0 Å². The van der Waals surface area contributed by atoms with Crippen LogP contribution in [0.2, 0.25) is 0 Å². The maximum Gasteiger partial charge on any atom is 0.270 e. The standard InChI is InChI=1S/C10H13N3O/c1-4-8(5-2)12-10(14)9-6-11-7-13(9)3/h1,6-8H,5H2,2-3H3,(H,12,14). The van der Waals surface area contributed by atoms with E-state index in [0.29, 0.717) is 5.69 Å². The van der Waals surface area contributed by atoms with Crippen molar-refractivity contribution in [2.75, 3.05) is 0 Å². The lowest BCUT2D eigenvalue weighted by Gasteiger charge is -2.10. The summed E-state index contributed by atoms with van der Waals surface area (Å²) >= 11 is 0. The molecule has 74 valence electrons. The Morgan fingerprint density at radius 1 is 1.86 bits per heavy atom. The van der Waals surface area contributed by atoms with E-state index >= 15 is 0 Å². The summed E-state index contributed by atoms with van der Waals surface area (Å²) in [7, 11) is 1.76. The van der Waals surface area contributed by atoms with Crippen molar-refractivity contribution in [1.29, 1.82) is 0 Å². The molecule has 0 aliphatic heterocycles. The molecular weight excluding hydrogens is 178 g/mol. The van der Waals surface area contributed by atoms with Crippen LogP contribution in [0.15, 0.2) is 12.5 Å². The predicted octanol–water partition coefficient (Wildman–Crippen LogP) is 0.562. The van der Waals surface area contributed by atoms with Gasteiger partial charge in [-0.05, 0) is 6.42 Å². The topological polar surface area (TPSA) is 46.9 Å². The number of carbonyl (C=O) groups is 1. The summed E-state index contributed by atoms with van der Waals surface area (Å²) in [6.45, 7) is 1.92. The minimum absolute atomic E-state index is 0.185. The Balaban J connectivity index is 2.69. The largest absolute Gasteiger partial charge is 0.337 e. The Bertz CT molecular complexity index is 362. The van der Waals surface area contributed by atoms with Crippen LogP contribution in [0.25, 0.3) is 0 Å². The molecule has 1 aromatic rings. The highest BCUT2D eigenvalue weighted by Gasteiger charge is 2.12. The summed E-state index contributed by atoms with van der Waals surface area (Å²) in [6.07, 6.45) is 9.05. The van der Waals surface area contributed by atoms with E-state index in [-0.39, 0.29) is 11.9 Å². The van der Waals surface area contributed by atoms with E-state index in [1.807, 2.05) is 6.92 Å². The number of hydrogen-bond donors (Lipinski definition) is 1. The molecule has 4 nitrogen and oxygen atoms in total. The number of rotatable bonds is 3. The molecule has 1 amide bonds. The first kappa shape index (κ1) is 10.3. The number of aromatic nitrogens is 2. The maximum absolute atomic E-state index is 11.6. The molecule has 0 radical (unpaired) electrons. The van der Waals surface area contributed by atoms with Crippen molar-refractivity contribution in [2.45, 2.75) is 19.4 Å². The lowest BCUT2D eigenvalue weighted by Crippen LogP contribution is -2.34. The van der Waals surface area contributed by atoms with E-state index in [2.05, 4.69) is 16.2 Å². The molecule has 1 atom stereocenters. The molecule has 0 fully saturated rings. The van der Waals surface area contributed by atoms with Crippen molar-refractivity contribution in [3.8, 4) is 12.3 Å². The van der Waals surface area contributed by atoms with Crippen LogP contribution in [0.4, 0.5) is 0 Å². The third-order valence-corrected chi connectivity index (χ3v) is 1.96. The van der Waals surface area contributed by atoms with Crippen molar-refractivity contribution in [3.05, 3.63) is 18.2 Å². The molecular formula is C10H13N3O. The summed E-state index contributed by atoms with van der Waals surface area (Å²) < 4.78 is 1.65. The highest BCUT2D eigenvalue weighted by Crippen LogP contribution is 1.97. The van der Waals surface area contributed by atoms with Gasteiger partial charge in [-0.15, -0.1) is 6.42 Å². The van der Waals surface area contributed by atoms with Gasteiger partial charge in [0.1, 0.15) is 5.69 Å². The van der Waals surface area contributed by atoms with Crippen LogP contribution in [0.3, 0.4) is 0 Å². The number of nitrogens with zero attached hydrogens (tertiary/aromatic N) is 2. The number of nitrogens with one attached hydrogen (secondary N) is 1. The van der Waals surface area contributed by atoms with Crippen molar-refractivity contribution < 1.29 is 4.79 Å². The third kappa shape index (κ3) is 2.13. The summed E-state index contributed by atoms with van der Waals surface area (Å²) in [5, 5.41) is 2.72. The van der Waals surface area contributed by atoms with Crippen LogP contribution < -0.4 is 5.32 Å². The van der Waals surface area contributed by atoms with Gasteiger partial charge >= 0.3 is 0 Å². The van der Waals surface area contributed by atoms with Gasteiger partial charge in [0.15, 0.2) is 0 Å². The monoisotopic (exact) mass is 191 g/mol. The van der Waals surface area contributed by atoms with Gasteiger partial charge in [-0.2, -0.15) is 0 Å². The first-order valence-electron chi connectivity index (χ1n) is 4.42. The Labute approximate surface area is 83.3 Å². The smallest absolute Gasteiger partial charge is 0.270 e. The average molecular weight is 191 g/mol. The second kappa shape index (κ2) is 4.47. The van der Waals surface area contributed by atoms with E-state index in [9.17, 15) is 4.79 Å². The van der Waals surface area contributed by atoms with Crippen LogP contribution in [0, 0.1) is 12.3 Å². The highest BCUT2D eigenvalue weighted by molar-refractivity contribution is 5.92. The van der Waals surface area contributed by atoms with E-state index in [1.54, 1.807) is 17.9 Å². The zero-order valence-electron chi connectivity index (χ0n) is 8.32. The summed E-state index contributed by atoms with van der Waals surface area (Å²) in [4.78, 5) is 15.4. The molecule has 1 unspecified atom stereocenters. The molecule has 1 N–H and O–H groups in total. The normalized spacial score (nSPS) is 11.8. The lowest BCUT2D eigenvalue weighted by atomic mass is 10.2. The van der Waals surface area contributed by atoms with Crippen LogP contribution >= 0.6 is 0 Å². The van der Waals surface area contributed by atoms with Gasteiger partial charge in [0.05, 0.1) is 18.6 Å². The number of imidazole rings is 1. The average Bonchev–Trinajstić information content (AvgIpc) is 2.60. The number of carbonyl (C=O) groups excluding carboxylic acids is 1. The second-order valence-electron chi connectivity index (χ2n) is 2.99. The molecule has 4 heteroatoms. The fourth-order valence-corrected chi connectivity index (χ4v) is 1.07. The first-order chi connectivity index (χ1) is 6.69. The van der Waals surface area contributed by atoms with Gasteiger partial charge in [0.25, 0.3) is 5.91 Å². The van der Waals surface area contributed by atoms with Gasteiger partial charge in [-0.25, -0.2) is 4.98 Å². The molecule has 0 bridgehead atoms. The molecule has 0 saturated carbocycles. The first-order valence-corrected chi connectivity index (χ1v) is 4.42. The summed E-state index contributed by atoms with van der Waals surface area (Å²) in [5.74, 6) is 2.32. The number of amides is 1. The Morgan fingerprint density at radius 2 is 2.57 bits per heavy atom. The van der Waals surface area contributed by atoms with E-state index in [1.165, 1.54) is 6.20 Å². The lowest BCUT2D eigenvalue weighted by molar-refractivity contribution is 0.0937. The van der Waals surface area contributed by atoms with E-state index in [0.717, 1.165) is 6.42 Å². The predicted molar refractivity (Wildman–Crippen MR) is 53.6 cm³/mol. The van der Waals surface area contributed by atoms with Crippen molar-refractivity contribution in [1.82, 2.24) is 14.9 Å². The van der Waals surface area contributed by atoms with Gasteiger partial charge < -0.3 is 9.88 Å². The zero-order chi connectivity index (χ0) is 10.6. The molecule has 14 heavy (non-hydrogen) atoms. The van der Waals surface area contributed by atoms with Crippen LogP contribution in [0.5, 0.6) is 0 Å². The highest BCUT2D eigenvalue weighted by atomic mass is 16.2. The molecule has 0 aliphatic carbocycles. The van der Waals surface area contributed by atoms with Gasteiger partial charge in [-0.1, -0.05) is 12.8 Å². The maximum atomic E-state index is 11.6. The van der Waals surface area contributed by atoms with Gasteiger partial charge in [0, 0.05) is 7.05 Å².